The summed E-state index contributed by atoms with van der Waals surface area (Å²) >= 11 is 0. The molecule has 1 aromatic rings. The van der Waals surface area contributed by atoms with E-state index in [1.807, 2.05) is 14.0 Å². The van der Waals surface area contributed by atoms with Gasteiger partial charge in [0.1, 0.15) is 12.2 Å². The number of likely N-dealkylation sites (tertiary alicyclic amines) is 1. The summed E-state index contributed by atoms with van der Waals surface area (Å²) in [5, 5.41) is 7.33. The average Bonchev–Trinajstić information content (AvgIpc) is 2.94. The third kappa shape index (κ3) is 5.33. The van der Waals surface area contributed by atoms with E-state index < -0.39 is 0 Å². The lowest BCUT2D eigenvalue weighted by Gasteiger charge is -2.33. The minimum atomic E-state index is -0.0795. The van der Waals surface area contributed by atoms with Gasteiger partial charge in [0, 0.05) is 27.2 Å². The van der Waals surface area contributed by atoms with Crippen molar-refractivity contribution in [3.05, 3.63) is 12.2 Å². The first-order chi connectivity index (χ1) is 10.7. The second-order valence-electron chi connectivity index (χ2n) is 5.21. The molecule has 0 unspecified atom stereocenters. The number of esters is 1. The van der Waals surface area contributed by atoms with Gasteiger partial charge < -0.3 is 15.0 Å². The second-order valence-corrected chi connectivity index (χ2v) is 5.21. The fourth-order valence-electron chi connectivity index (χ4n) is 2.56. The number of guanidine groups is 1. The van der Waals surface area contributed by atoms with E-state index in [2.05, 4.69) is 25.3 Å². The number of halogens is 1. The maximum Gasteiger partial charge on any atom is 0.309 e. The van der Waals surface area contributed by atoms with Crippen LogP contribution in [0.25, 0.3) is 0 Å². The number of aryl methyl sites for hydroxylation is 1. The van der Waals surface area contributed by atoms with Crippen LogP contribution in [0.3, 0.4) is 0 Å². The molecular weight excluding hydrogens is 411 g/mol. The number of ether oxygens (including phenoxy) is 1. The monoisotopic (exact) mass is 436 g/mol. The predicted octanol–water partition coefficient (Wildman–Crippen LogP) is 0.784. The highest BCUT2D eigenvalue weighted by molar-refractivity contribution is 14.0. The van der Waals surface area contributed by atoms with Crippen LogP contribution in [0.1, 0.15) is 25.6 Å². The number of aliphatic imine (C=N–C) groups is 1. The SMILES string of the molecule is CCOC(=O)C1CCN(C(=NC)NCc2ncnn2C)CC1.I. The number of nitrogens with one attached hydrogen (secondary N) is 1. The lowest BCUT2D eigenvalue weighted by molar-refractivity contribution is -0.149. The zero-order valence-corrected chi connectivity index (χ0v) is 16.2. The van der Waals surface area contributed by atoms with Gasteiger partial charge in [-0.3, -0.25) is 14.5 Å². The summed E-state index contributed by atoms with van der Waals surface area (Å²) in [6, 6.07) is 0. The molecule has 1 aromatic heterocycles. The Kier molecular flexibility index (Phi) is 8.28. The molecule has 1 aliphatic heterocycles. The molecule has 130 valence electrons. The Bertz CT molecular complexity index is 525. The van der Waals surface area contributed by atoms with Gasteiger partial charge >= 0.3 is 5.97 Å². The molecule has 9 heteroatoms. The van der Waals surface area contributed by atoms with E-state index in [9.17, 15) is 4.79 Å². The van der Waals surface area contributed by atoms with Crippen LogP contribution in [-0.2, 0) is 23.1 Å². The highest BCUT2D eigenvalue weighted by Crippen LogP contribution is 2.18. The molecule has 2 rings (SSSR count). The number of hydrogen-bond acceptors (Lipinski definition) is 5. The molecule has 2 heterocycles. The van der Waals surface area contributed by atoms with Gasteiger partial charge in [-0.2, -0.15) is 5.10 Å². The summed E-state index contributed by atoms with van der Waals surface area (Å²) in [4.78, 5) is 22.4. The van der Waals surface area contributed by atoms with Crippen molar-refractivity contribution >= 4 is 35.9 Å². The topological polar surface area (TPSA) is 84.6 Å². The van der Waals surface area contributed by atoms with Gasteiger partial charge in [-0.15, -0.1) is 24.0 Å². The number of piperidine rings is 1. The number of nitrogens with zero attached hydrogens (tertiary/aromatic N) is 5. The van der Waals surface area contributed by atoms with Crippen molar-refractivity contribution in [3.63, 3.8) is 0 Å². The second kappa shape index (κ2) is 9.68. The van der Waals surface area contributed by atoms with Crippen molar-refractivity contribution < 1.29 is 9.53 Å². The summed E-state index contributed by atoms with van der Waals surface area (Å²) in [6.45, 7) is 4.44. The third-order valence-electron chi connectivity index (χ3n) is 3.84. The molecule has 1 aliphatic rings. The Hall–Kier alpha value is -1.39. The Morgan fingerprint density at radius 3 is 2.70 bits per heavy atom. The highest BCUT2D eigenvalue weighted by Gasteiger charge is 2.27. The van der Waals surface area contributed by atoms with E-state index in [1.165, 1.54) is 6.33 Å². The molecule has 0 saturated carbocycles. The fourth-order valence-corrected chi connectivity index (χ4v) is 2.56. The van der Waals surface area contributed by atoms with Crippen molar-refractivity contribution in [1.29, 1.82) is 0 Å². The summed E-state index contributed by atoms with van der Waals surface area (Å²) < 4.78 is 6.82. The molecule has 0 aromatic carbocycles. The third-order valence-corrected chi connectivity index (χ3v) is 3.84. The van der Waals surface area contributed by atoms with Crippen molar-refractivity contribution in [2.75, 3.05) is 26.7 Å². The maximum atomic E-state index is 11.8. The minimum Gasteiger partial charge on any atom is -0.466 e. The zero-order chi connectivity index (χ0) is 15.9. The largest absolute Gasteiger partial charge is 0.466 e. The number of rotatable bonds is 4. The van der Waals surface area contributed by atoms with E-state index in [0.29, 0.717) is 13.2 Å². The summed E-state index contributed by atoms with van der Waals surface area (Å²) in [6.07, 6.45) is 3.12. The van der Waals surface area contributed by atoms with Crippen LogP contribution in [0.5, 0.6) is 0 Å². The molecular formula is C14H25IN6O2. The number of aromatic nitrogens is 3. The highest BCUT2D eigenvalue weighted by atomic mass is 127. The maximum absolute atomic E-state index is 11.8. The molecule has 0 aliphatic carbocycles. The van der Waals surface area contributed by atoms with Crippen LogP contribution in [0.15, 0.2) is 11.3 Å². The lowest BCUT2D eigenvalue weighted by Crippen LogP contribution is -2.46. The van der Waals surface area contributed by atoms with Crippen LogP contribution in [0, 0.1) is 5.92 Å². The summed E-state index contributed by atoms with van der Waals surface area (Å²) in [7, 11) is 3.62. The van der Waals surface area contributed by atoms with Crippen LogP contribution < -0.4 is 5.32 Å². The standard InChI is InChI=1S/C14H24N6O2.HI/c1-4-22-13(21)11-5-7-20(8-6-11)14(15-2)16-9-12-17-10-18-19(12)3;/h10-11H,4-9H2,1-3H3,(H,15,16);1H. The van der Waals surface area contributed by atoms with E-state index in [0.717, 1.165) is 37.7 Å². The Labute approximate surface area is 153 Å². The van der Waals surface area contributed by atoms with E-state index in [4.69, 9.17) is 4.74 Å². The number of carbonyl (C=O) groups is 1. The molecule has 0 spiro atoms. The molecule has 1 N–H and O–H groups in total. The summed E-state index contributed by atoms with van der Waals surface area (Å²) in [5.41, 5.74) is 0. The van der Waals surface area contributed by atoms with Crippen LogP contribution in [0.2, 0.25) is 0 Å². The number of carbonyl (C=O) groups excluding carboxylic acids is 1. The first-order valence-corrected chi connectivity index (χ1v) is 7.60. The quantitative estimate of drug-likeness (QED) is 0.325. The smallest absolute Gasteiger partial charge is 0.309 e. The molecule has 1 fully saturated rings. The fraction of sp³-hybridized carbons (Fsp3) is 0.714. The Morgan fingerprint density at radius 1 is 1.48 bits per heavy atom. The Morgan fingerprint density at radius 2 is 2.17 bits per heavy atom. The molecule has 0 amide bonds. The molecule has 0 bridgehead atoms. The molecule has 0 atom stereocenters. The van der Waals surface area contributed by atoms with Crippen molar-refractivity contribution in [2.45, 2.75) is 26.3 Å². The number of hydrogen-bond donors (Lipinski definition) is 1. The van der Waals surface area contributed by atoms with Gasteiger partial charge in [-0.05, 0) is 19.8 Å². The van der Waals surface area contributed by atoms with E-state index in [-0.39, 0.29) is 35.9 Å². The van der Waals surface area contributed by atoms with Gasteiger partial charge in [0.25, 0.3) is 0 Å². The molecule has 1 saturated heterocycles. The average molecular weight is 436 g/mol. The van der Waals surface area contributed by atoms with Gasteiger partial charge in [0.2, 0.25) is 0 Å². The lowest BCUT2D eigenvalue weighted by atomic mass is 9.97. The van der Waals surface area contributed by atoms with E-state index in [1.54, 1.807) is 11.7 Å². The Balaban J connectivity index is 0.00000264. The van der Waals surface area contributed by atoms with Crippen LogP contribution in [0.4, 0.5) is 0 Å². The van der Waals surface area contributed by atoms with Gasteiger partial charge in [0.05, 0.1) is 19.1 Å². The minimum absolute atomic E-state index is 0. The van der Waals surface area contributed by atoms with Crippen molar-refractivity contribution in [1.82, 2.24) is 25.0 Å². The summed E-state index contributed by atoms with van der Waals surface area (Å²) in [5.74, 6) is 1.60. The molecule has 8 nitrogen and oxygen atoms in total. The zero-order valence-electron chi connectivity index (χ0n) is 13.9. The van der Waals surface area contributed by atoms with Gasteiger partial charge in [-0.1, -0.05) is 0 Å². The van der Waals surface area contributed by atoms with Crippen molar-refractivity contribution in [3.8, 4) is 0 Å². The first-order valence-electron chi connectivity index (χ1n) is 7.60. The normalized spacial score (nSPS) is 16.0. The molecule has 0 radical (unpaired) electrons. The molecule has 23 heavy (non-hydrogen) atoms. The van der Waals surface area contributed by atoms with Gasteiger partial charge in [-0.25, -0.2) is 4.98 Å². The van der Waals surface area contributed by atoms with Crippen LogP contribution >= 0.6 is 24.0 Å². The predicted molar refractivity (Wildman–Crippen MR) is 97.5 cm³/mol. The first kappa shape index (κ1) is 19.7. The van der Waals surface area contributed by atoms with Crippen LogP contribution in [-0.4, -0.2) is 58.3 Å². The van der Waals surface area contributed by atoms with E-state index >= 15 is 0 Å². The van der Waals surface area contributed by atoms with Crippen molar-refractivity contribution in [2.24, 2.45) is 18.0 Å². The van der Waals surface area contributed by atoms with Gasteiger partial charge in [0.15, 0.2) is 5.96 Å².